The van der Waals surface area contributed by atoms with Crippen LogP contribution in [0.5, 0.6) is 0 Å². The number of hydrogen-bond acceptors (Lipinski definition) is 5. The van der Waals surface area contributed by atoms with Crippen molar-refractivity contribution >= 4 is 33.2 Å². The van der Waals surface area contributed by atoms with E-state index in [-0.39, 0.29) is 28.7 Å². The maximum atomic E-state index is 12.6. The molecule has 3 rings (SSSR count). The fourth-order valence-electron chi connectivity index (χ4n) is 2.75. The van der Waals surface area contributed by atoms with E-state index in [9.17, 15) is 18.0 Å². The molecule has 1 aromatic heterocycles. The second-order valence-electron chi connectivity index (χ2n) is 5.19. The molecule has 2 N–H and O–H groups in total. The molecule has 1 aromatic rings. The molecule has 0 unspecified atom stereocenters. The number of thiophene rings is 1. The molecule has 0 aromatic carbocycles. The topological polar surface area (TPSA) is 95.6 Å². The van der Waals surface area contributed by atoms with Crippen LogP contribution >= 0.6 is 11.3 Å². The lowest BCUT2D eigenvalue weighted by atomic mass is 10.1. The van der Waals surface area contributed by atoms with Crippen molar-refractivity contribution in [2.75, 3.05) is 20.1 Å². The van der Waals surface area contributed by atoms with Gasteiger partial charge in [0, 0.05) is 43.9 Å². The van der Waals surface area contributed by atoms with Crippen molar-refractivity contribution in [3.8, 4) is 0 Å². The highest BCUT2D eigenvalue weighted by Gasteiger charge is 2.44. The lowest BCUT2D eigenvalue weighted by Crippen LogP contribution is -2.35. The standard InChI is InChI=1S/C12H15N3O4S2/c1-13-12(17)10-3-8(6-20-10)21(18,19)15-4-7-2-11(16)14-9(7)5-15/h3,6-7,9H,2,4-5H2,1H3,(H,13,17)(H,14,16)/t7-,9+/m0/s1. The van der Waals surface area contributed by atoms with Crippen LogP contribution in [-0.2, 0) is 14.8 Å². The van der Waals surface area contributed by atoms with Crippen molar-refractivity contribution in [2.45, 2.75) is 17.4 Å². The summed E-state index contributed by atoms with van der Waals surface area (Å²) in [5, 5.41) is 6.74. The van der Waals surface area contributed by atoms with Crippen LogP contribution in [0.2, 0.25) is 0 Å². The van der Waals surface area contributed by atoms with Crippen LogP contribution < -0.4 is 10.6 Å². The van der Waals surface area contributed by atoms with Crippen LogP contribution in [-0.4, -0.2) is 50.7 Å². The molecule has 2 fully saturated rings. The Labute approximate surface area is 126 Å². The summed E-state index contributed by atoms with van der Waals surface area (Å²) in [6.45, 7) is 0.640. The SMILES string of the molecule is CNC(=O)c1cc(S(=O)(=O)N2C[C@@H]3CC(=O)N[C@@H]3C2)cs1. The van der Waals surface area contributed by atoms with Crippen molar-refractivity contribution in [3.63, 3.8) is 0 Å². The summed E-state index contributed by atoms with van der Waals surface area (Å²) < 4.78 is 26.5. The molecule has 2 aliphatic rings. The molecule has 9 heteroatoms. The first-order valence-corrected chi connectivity index (χ1v) is 8.84. The molecule has 2 saturated heterocycles. The zero-order valence-corrected chi connectivity index (χ0v) is 13.0. The number of carbonyl (C=O) groups is 2. The Morgan fingerprint density at radius 3 is 2.90 bits per heavy atom. The van der Waals surface area contributed by atoms with Crippen molar-refractivity contribution < 1.29 is 18.0 Å². The van der Waals surface area contributed by atoms with Crippen LogP contribution in [0.3, 0.4) is 0 Å². The van der Waals surface area contributed by atoms with Gasteiger partial charge in [0.2, 0.25) is 15.9 Å². The van der Waals surface area contributed by atoms with E-state index in [1.807, 2.05) is 0 Å². The van der Waals surface area contributed by atoms with Gasteiger partial charge in [-0.3, -0.25) is 9.59 Å². The molecular formula is C12H15N3O4S2. The van der Waals surface area contributed by atoms with Gasteiger partial charge in [0.1, 0.15) is 0 Å². The third kappa shape index (κ3) is 2.45. The number of rotatable bonds is 3. The monoisotopic (exact) mass is 329 g/mol. The lowest BCUT2D eigenvalue weighted by Gasteiger charge is -2.16. The molecule has 114 valence electrons. The first-order valence-electron chi connectivity index (χ1n) is 6.52. The predicted octanol–water partition coefficient (Wildman–Crippen LogP) is -0.383. The molecule has 2 atom stereocenters. The van der Waals surface area contributed by atoms with Gasteiger partial charge < -0.3 is 10.6 Å². The average molecular weight is 329 g/mol. The Kier molecular flexibility index (Phi) is 3.50. The molecule has 21 heavy (non-hydrogen) atoms. The van der Waals surface area contributed by atoms with E-state index in [1.54, 1.807) is 0 Å². The van der Waals surface area contributed by atoms with E-state index < -0.39 is 10.0 Å². The summed E-state index contributed by atoms with van der Waals surface area (Å²) >= 11 is 1.10. The Hall–Kier alpha value is -1.45. The van der Waals surface area contributed by atoms with Crippen LogP contribution in [0.4, 0.5) is 0 Å². The molecule has 7 nitrogen and oxygen atoms in total. The number of fused-ring (bicyclic) bond motifs is 1. The highest BCUT2D eigenvalue weighted by molar-refractivity contribution is 7.89. The minimum Gasteiger partial charge on any atom is -0.354 e. The highest BCUT2D eigenvalue weighted by atomic mass is 32.2. The Morgan fingerprint density at radius 1 is 1.48 bits per heavy atom. The summed E-state index contributed by atoms with van der Waals surface area (Å²) in [6, 6.07) is 1.30. The molecular weight excluding hydrogens is 314 g/mol. The molecule has 0 aliphatic carbocycles. The quantitative estimate of drug-likeness (QED) is 0.790. The minimum atomic E-state index is -3.61. The Morgan fingerprint density at radius 2 is 2.24 bits per heavy atom. The van der Waals surface area contributed by atoms with Gasteiger partial charge in [0.25, 0.3) is 5.91 Å². The largest absolute Gasteiger partial charge is 0.354 e. The number of carbonyl (C=O) groups excluding carboxylic acids is 2. The Balaban J connectivity index is 1.80. The molecule has 0 radical (unpaired) electrons. The summed E-state index contributed by atoms with van der Waals surface area (Å²) in [5.41, 5.74) is 0. The maximum Gasteiger partial charge on any atom is 0.261 e. The predicted molar refractivity (Wildman–Crippen MR) is 76.5 cm³/mol. The Bertz CT molecular complexity index is 681. The second-order valence-corrected chi connectivity index (χ2v) is 8.04. The second kappa shape index (κ2) is 5.08. The van der Waals surface area contributed by atoms with Gasteiger partial charge in [-0.1, -0.05) is 0 Å². The van der Waals surface area contributed by atoms with Crippen LogP contribution in [0.15, 0.2) is 16.3 Å². The smallest absolute Gasteiger partial charge is 0.261 e. The van der Waals surface area contributed by atoms with E-state index in [2.05, 4.69) is 10.6 Å². The molecule has 0 spiro atoms. The van der Waals surface area contributed by atoms with E-state index in [0.717, 1.165) is 11.3 Å². The lowest BCUT2D eigenvalue weighted by molar-refractivity contribution is -0.119. The normalized spacial score (nSPS) is 25.7. The molecule has 0 saturated carbocycles. The van der Waals surface area contributed by atoms with Gasteiger partial charge in [-0.2, -0.15) is 4.31 Å². The molecule has 0 bridgehead atoms. The zero-order valence-electron chi connectivity index (χ0n) is 11.3. The first kappa shape index (κ1) is 14.5. The summed E-state index contributed by atoms with van der Waals surface area (Å²) in [5.74, 6) is -0.268. The van der Waals surface area contributed by atoms with E-state index in [0.29, 0.717) is 24.4 Å². The third-order valence-electron chi connectivity index (χ3n) is 3.87. The van der Waals surface area contributed by atoms with Gasteiger partial charge in [0.05, 0.1) is 9.77 Å². The summed E-state index contributed by atoms with van der Waals surface area (Å²) in [4.78, 5) is 23.3. The zero-order chi connectivity index (χ0) is 15.2. The van der Waals surface area contributed by atoms with Crippen LogP contribution in [0.25, 0.3) is 0 Å². The van der Waals surface area contributed by atoms with Gasteiger partial charge in [-0.05, 0) is 6.07 Å². The van der Waals surface area contributed by atoms with Crippen molar-refractivity contribution in [1.82, 2.24) is 14.9 Å². The minimum absolute atomic E-state index is 0.0144. The van der Waals surface area contributed by atoms with E-state index in [4.69, 9.17) is 0 Å². The summed E-state index contributed by atoms with van der Waals surface area (Å²) in [6.07, 6.45) is 0.379. The van der Waals surface area contributed by atoms with Gasteiger partial charge >= 0.3 is 0 Å². The molecule has 3 heterocycles. The van der Waals surface area contributed by atoms with Gasteiger partial charge in [-0.25, -0.2) is 8.42 Å². The fraction of sp³-hybridized carbons (Fsp3) is 0.500. The number of sulfonamides is 1. The molecule has 2 aliphatic heterocycles. The number of nitrogens with one attached hydrogen (secondary N) is 2. The highest BCUT2D eigenvalue weighted by Crippen LogP contribution is 2.31. The number of nitrogens with zero attached hydrogens (tertiary/aromatic N) is 1. The average Bonchev–Trinajstić information content (AvgIpc) is 3.10. The van der Waals surface area contributed by atoms with Gasteiger partial charge in [0.15, 0.2) is 0 Å². The van der Waals surface area contributed by atoms with Crippen molar-refractivity contribution in [1.29, 1.82) is 0 Å². The first-order chi connectivity index (χ1) is 9.91. The van der Waals surface area contributed by atoms with E-state index >= 15 is 0 Å². The fourth-order valence-corrected chi connectivity index (χ4v) is 5.48. The van der Waals surface area contributed by atoms with Crippen LogP contribution in [0, 0.1) is 5.92 Å². The number of hydrogen-bond donors (Lipinski definition) is 2. The van der Waals surface area contributed by atoms with Crippen LogP contribution in [0.1, 0.15) is 16.1 Å². The molecule has 2 amide bonds. The van der Waals surface area contributed by atoms with Crippen molar-refractivity contribution in [2.24, 2.45) is 5.92 Å². The maximum absolute atomic E-state index is 12.6. The summed E-state index contributed by atoms with van der Waals surface area (Å²) in [7, 11) is -2.11. The number of amides is 2. The van der Waals surface area contributed by atoms with Crippen molar-refractivity contribution in [3.05, 3.63) is 16.3 Å². The third-order valence-corrected chi connectivity index (χ3v) is 6.75. The van der Waals surface area contributed by atoms with E-state index in [1.165, 1.54) is 22.8 Å². The van der Waals surface area contributed by atoms with Gasteiger partial charge in [-0.15, -0.1) is 11.3 Å².